The average Bonchev–Trinajstić information content (AvgIpc) is 3.07. The Labute approximate surface area is 143 Å². The second kappa shape index (κ2) is 6.86. The van der Waals surface area contributed by atoms with E-state index in [9.17, 15) is 5.11 Å². The molecule has 0 unspecified atom stereocenters. The van der Waals surface area contributed by atoms with Crippen molar-refractivity contribution < 1.29 is 9.84 Å². The first-order valence-corrected chi connectivity index (χ1v) is 9.07. The van der Waals surface area contributed by atoms with E-state index in [0.717, 1.165) is 50.3 Å². The van der Waals surface area contributed by atoms with Crippen LogP contribution in [-0.2, 0) is 19.3 Å². The molecule has 3 heteroatoms. The van der Waals surface area contributed by atoms with Crippen LogP contribution in [0.3, 0.4) is 0 Å². The molecule has 0 fully saturated rings. The van der Waals surface area contributed by atoms with Crippen LogP contribution < -0.4 is 10.1 Å². The molecule has 2 N–H and O–H groups in total. The van der Waals surface area contributed by atoms with E-state index in [4.69, 9.17) is 4.74 Å². The second-order valence-corrected chi connectivity index (χ2v) is 6.93. The highest BCUT2D eigenvalue weighted by atomic mass is 16.5. The molecule has 2 aliphatic rings. The molecule has 3 nitrogen and oxygen atoms in total. The summed E-state index contributed by atoms with van der Waals surface area (Å²) in [7, 11) is 0. The number of phenolic OH excluding ortho intramolecular Hbond substituents is 1. The summed E-state index contributed by atoms with van der Waals surface area (Å²) in [5.41, 5.74) is 5.17. The Morgan fingerprint density at radius 2 is 2.12 bits per heavy atom. The highest BCUT2D eigenvalue weighted by Gasteiger charge is 2.21. The number of fused-ring (bicyclic) bond motifs is 2. The Kier molecular flexibility index (Phi) is 4.44. The molecule has 2 aromatic carbocycles. The van der Waals surface area contributed by atoms with E-state index < -0.39 is 0 Å². The number of aromatic hydroxyl groups is 1. The zero-order chi connectivity index (χ0) is 16.4. The fourth-order valence-electron chi connectivity index (χ4n) is 4.01. The van der Waals surface area contributed by atoms with Crippen molar-refractivity contribution in [2.45, 2.75) is 38.0 Å². The molecule has 0 amide bonds. The van der Waals surface area contributed by atoms with Crippen molar-refractivity contribution in [1.29, 1.82) is 0 Å². The van der Waals surface area contributed by atoms with Crippen molar-refractivity contribution in [3.63, 3.8) is 0 Å². The van der Waals surface area contributed by atoms with E-state index in [0.29, 0.717) is 11.7 Å². The maximum atomic E-state index is 10.0. The molecule has 4 rings (SSSR count). The van der Waals surface area contributed by atoms with Gasteiger partial charge in [0.2, 0.25) is 0 Å². The number of nitrogens with one attached hydrogen (secondary N) is 1. The Balaban J connectivity index is 1.32. The molecule has 0 radical (unpaired) electrons. The van der Waals surface area contributed by atoms with Gasteiger partial charge < -0.3 is 15.2 Å². The van der Waals surface area contributed by atoms with Gasteiger partial charge in [0.25, 0.3) is 0 Å². The van der Waals surface area contributed by atoms with E-state index in [2.05, 4.69) is 29.6 Å². The molecule has 0 bridgehead atoms. The fourth-order valence-corrected chi connectivity index (χ4v) is 4.01. The summed E-state index contributed by atoms with van der Waals surface area (Å²) in [4.78, 5) is 0. The van der Waals surface area contributed by atoms with Crippen LogP contribution >= 0.6 is 0 Å². The fraction of sp³-hybridized carbons (Fsp3) is 0.429. The predicted octanol–water partition coefficient (Wildman–Crippen LogP) is 3.58. The molecule has 1 heterocycles. The molecule has 1 aliphatic heterocycles. The average molecular weight is 323 g/mol. The molecule has 1 atom stereocenters. The number of rotatable bonds is 5. The lowest BCUT2D eigenvalue weighted by atomic mass is 9.82. The van der Waals surface area contributed by atoms with Crippen LogP contribution in [0.4, 0.5) is 0 Å². The van der Waals surface area contributed by atoms with Gasteiger partial charge in [0.05, 0.1) is 6.61 Å². The van der Waals surface area contributed by atoms with Gasteiger partial charge in [-0.2, -0.15) is 0 Å². The highest BCUT2D eigenvalue weighted by Crippen LogP contribution is 2.35. The summed E-state index contributed by atoms with van der Waals surface area (Å²) in [6.07, 6.45) is 5.45. The topological polar surface area (TPSA) is 41.5 Å². The van der Waals surface area contributed by atoms with Crippen molar-refractivity contribution in [2.75, 3.05) is 19.7 Å². The number of phenols is 1. The maximum Gasteiger partial charge on any atom is 0.122 e. The molecule has 0 aromatic heterocycles. The summed E-state index contributed by atoms with van der Waals surface area (Å²) in [5.74, 6) is 2.06. The van der Waals surface area contributed by atoms with Gasteiger partial charge in [0.1, 0.15) is 11.5 Å². The minimum absolute atomic E-state index is 0.468. The molecule has 1 aliphatic carbocycles. The Hall–Kier alpha value is -2.00. The van der Waals surface area contributed by atoms with Crippen molar-refractivity contribution in [2.24, 2.45) is 0 Å². The Morgan fingerprint density at radius 3 is 3.08 bits per heavy atom. The SMILES string of the molecule is Oc1cccc2c1CCC[C@H]2CNCCc1ccc2c(c1)OCC2. The van der Waals surface area contributed by atoms with Crippen LogP contribution in [0.5, 0.6) is 11.5 Å². The van der Waals surface area contributed by atoms with Crippen LogP contribution in [0.1, 0.15) is 41.0 Å². The molecule has 126 valence electrons. The third-order valence-electron chi connectivity index (χ3n) is 5.35. The summed E-state index contributed by atoms with van der Waals surface area (Å²) < 4.78 is 5.65. The van der Waals surface area contributed by atoms with Crippen LogP contribution in [0.2, 0.25) is 0 Å². The highest BCUT2D eigenvalue weighted by molar-refractivity contribution is 5.43. The second-order valence-electron chi connectivity index (χ2n) is 6.93. The quantitative estimate of drug-likeness (QED) is 0.827. The number of hydrogen-bond acceptors (Lipinski definition) is 3. The summed E-state index contributed by atoms with van der Waals surface area (Å²) in [5, 5.41) is 13.6. The Bertz CT molecular complexity index is 726. The van der Waals surface area contributed by atoms with Gasteiger partial charge in [-0.15, -0.1) is 0 Å². The summed E-state index contributed by atoms with van der Waals surface area (Å²) in [6.45, 7) is 2.78. The molecule has 2 aromatic rings. The lowest BCUT2D eigenvalue weighted by Crippen LogP contribution is -2.26. The number of ether oxygens (including phenoxy) is 1. The maximum absolute atomic E-state index is 10.0. The van der Waals surface area contributed by atoms with E-state index in [-0.39, 0.29) is 0 Å². The van der Waals surface area contributed by atoms with Crippen molar-refractivity contribution in [3.05, 3.63) is 58.7 Å². The first kappa shape index (κ1) is 15.5. The van der Waals surface area contributed by atoms with E-state index >= 15 is 0 Å². The first-order valence-electron chi connectivity index (χ1n) is 9.07. The van der Waals surface area contributed by atoms with Gasteiger partial charge in [-0.1, -0.05) is 24.3 Å². The van der Waals surface area contributed by atoms with E-state index in [1.807, 2.05) is 12.1 Å². The van der Waals surface area contributed by atoms with Crippen molar-refractivity contribution in [1.82, 2.24) is 5.32 Å². The lowest BCUT2D eigenvalue weighted by molar-refractivity contribution is 0.356. The van der Waals surface area contributed by atoms with Crippen LogP contribution in [0.15, 0.2) is 36.4 Å². The van der Waals surface area contributed by atoms with Crippen molar-refractivity contribution in [3.8, 4) is 11.5 Å². The van der Waals surface area contributed by atoms with Gasteiger partial charge in [-0.05, 0) is 72.5 Å². The third-order valence-corrected chi connectivity index (χ3v) is 5.35. The minimum Gasteiger partial charge on any atom is -0.508 e. The van der Waals surface area contributed by atoms with Gasteiger partial charge in [-0.3, -0.25) is 0 Å². The van der Waals surface area contributed by atoms with E-state index in [1.54, 1.807) is 0 Å². The molecule has 0 saturated carbocycles. The van der Waals surface area contributed by atoms with Crippen LogP contribution in [0, 0.1) is 0 Å². The zero-order valence-corrected chi connectivity index (χ0v) is 14.1. The molecular formula is C21H25NO2. The third kappa shape index (κ3) is 3.13. The Morgan fingerprint density at radius 1 is 1.17 bits per heavy atom. The van der Waals surface area contributed by atoms with Gasteiger partial charge in [0, 0.05) is 13.0 Å². The van der Waals surface area contributed by atoms with Crippen molar-refractivity contribution >= 4 is 0 Å². The molecule has 24 heavy (non-hydrogen) atoms. The lowest BCUT2D eigenvalue weighted by Gasteiger charge is -2.26. The van der Waals surface area contributed by atoms with Crippen LogP contribution in [0.25, 0.3) is 0 Å². The normalized spacial score (nSPS) is 18.8. The zero-order valence-electron chi connectivity index (χ0n) is 14.1. The molecule has 0 spiro atoms. The molecular weight excluding hydrogens is 298 g/mol. The predicted molar refractivity (Wildman–Crippen MR) is 96.0 cm³/mol. The van der Waals surface area contributed by atoms with Gasteiger partial charge in [-0.25, -0.2) is 0 Å². The van der Waals surface area contributed by atoms with Gasteiger partial charge in [0.15, 0.2) is 0 Å². The summed E-state index contributed by atoms with van der Waals surface area (Å²) >= 11 is 0. The molecule has 0 saturated heterocycles. The smallest absolute Gasteiger partial charge is 0.122 e. The summed E-state index contributed by atoms with van der Waals surface area (Å²) in [6, 6.07) is 12.6. The number of benzene rings is 2. The van der Waals surface area contributed by atoms with Crippen LogP contribution in [-0.4, -0.2) is 24.8 Å². The first-order chi connectivity index (χ1) is 11.8. The number of hydrogen-bond donors (Lipinski definition) is 2. The van der Waals surface area contributed by atoms with Gasteiger partial charge >= 0.3 is 0 Å². The van der Waals surface area contributed by atoms with E-state index in [1.165, 1.54) is 29.5 Å². The standard InChI is InChI=1S/C21H25NO2/c23-20-6-2-4-18-17(3-1-5-19(18)20)14-22-11-9-15-7-8-16-10-12-24-21(16)13-15/h2,4,6-8,13,17,22-23H,1,3,5,9-12,14H2/t17-/m0/s1. The monoisotopic (exact) mass is 323 g/mol. The largest absolute Gasteiger partial charge is 0.508 e. The minimum atomic E-state index is 0.468.